The van der Waals surface area contributed by atoms with E-state index in [1.54, 1.807) is 37.3 Å². The monoisotopic (exact) mass is 667 g/mol. The Morgan fingerprint density at radius 3 is 2.42 bits per heavy atom. The van der Waals surface area contributed by atoms with Crippen molar-refractivity contribution in [1.82, 2.24) is 35.1 Å². The number of amides is 5. The molecule has 5 amide bonds. The number of ether oxygens (including phenoxy) is 1. The first-order valence-corrected chi connectivity index (χ1v) is 16.2. The van der Waals surface area contributed by atoms with Gasteiger partial charge in [0.05, 0.1) is 5.69 Å². The van der Waals surface area contributed by atoms with E-state index < -0.39 is 55.0 Å². The van der Waals surface area contributed by atoms with Crippen LogP contribution in [0.15, 0.2) is 36.4 Å². The molecule has 1 aromatic carbocycles. The molecule has 48 heavy (non-hydrogen) atoms. The minimum atomic E-state index is -1.22. The number of aromatic nitrogens is 2. The van der Waals surface area contributed by atoms with E-state index >= 15 is 0 Å². The van der Waals surface area contributed by atoms with Crippen LogP contribution in [0.5, 0.6) is 5.88 Å². The molecule has 0 bridgehead atoms. The molecule has 0 unspecified atom stereocenters. The van der Waals surface area contributed by atoms with Gasteiger partial charge in [0.2, 0.25) is 17.7 Å². The highest BCUT2D eigenvalue weighted by atomic mass is 16.5. The van der Waals surface area contributed by atoms with Gasteiger partial charge < -0.3 is 40.3 Å². The molecule has 2 aromatic rings. The Bertz CT molecular complexity index is 1530. The lowest BCUT2D eigenvalue weighted by Gasteiger charge is -2.40. The zero-order chi connectivity index (χ0) is 34.4. The van der Waals surface area contributed by atoms with E-state index in [0.29, 0.717) is 37.5 Å². The van der Waals surface area contributed by atoms with Crippen LogP contribution in [-0.2, 0) is 19.2 Å². The van der Waals surface area contributed by atoms with Gasteiger partial charge >= 0.3 is 12.1 Å². The van der Waals surface area contributed by atoms with Crippen molar-refractivity contribution < 1.29 is 43.7 Å². The summed E-state index contributed by atoms with van der Waals surface area (Å²) in [4.78, 5) is 80.0. The van der Waals surface area contributed by atoms with Crippen LogP contribution < -0.4 is 15.4 Å². The summed E-state index contributed by atoms with van der Waals surface area (Å²) in [7, 11) is 0. The van der Waals surface area contributed by atoms with Gasteiger partial charge in [-0.3, -0.25) is 24.0 Å². The van der Waals surface area contributed by atoms with E-state index in [0.717, 1.165) is 12.8 Å². The van der Waals surface area contributed by atoms with Gasteiger partial charge in [-0.1, -0.05) is 18.2 Å². The number of benzene rings is 1. The van der Waals surface area contributed by atoms with Crippen LogP contribution in [-0.4, -0.2) is 128 Å². The van der Waals surface area contributed by atoms with Crippen molar-refractivity contribution in [2.45, 2.75) is 63.6 Å². The number of hydrogen-bond donors (Lipinski definition) is 4. The number of rotatable bonds is 13. The van der Waals surface area contributed by atoms with Crippen LogP contribution in [0, 0.1) is 5.92 Å². The van der Waals surface area contributed by atoms with Gasteiger partial charge in [0.1, 0.15) is 12.1 Å². The zero-order valence-corrected chi connectivity index (χ0v) is 26.7. The molecule has 1 aromatic heterocycles. The van der Waals surface area contributed by atoms with Crippen LogP contribution in [0.3, 0.4) is 0 Å². The highest BCUT2D eigenvalue weighted by molar-refractivity contribution is 5.96. The summed E-state index contributed by atoms with van der Waals surface area (Å²) < 4.78 is 7.24. The summed E-state index contributed by atoms with van der Waals surface area (Å²) in [6.07, 6.45) is 1.74. The number of hydrogen-bond acceptors (Lipinski definition) is 8. The molecule has 5 rings (SSSR count). The summed E-state index contributed by atoms with van der Waals surface area (Å²) in [6, 6.07) is 7.78. The number of likely N-dealkylation sites (tertiary alicyclic amines) is 1. The van der Waals surface area contributed by atoms with Crippen LogP contribution >= 0.6 is 0 Å². The second-order valence-corrected chi connectivity index (χ2v) is 12.4. The van der Waals surface area contributed by atoms with Crippen molar-refractivity contribution in [3.63, 3.8) is 0 Å². The topological polar surface area (TPSA) is 204 Å². The molecule has 0 radical (unpaired) electrons. The molecule has 16 nitrogen and oxygen atoms in total. The maximum Gasteiger partial charge on any atom is 0.407 e. The molecule has 3 fully saturated rings. The van der Waals surface area contributed by atoms with Crippen molar-refractivity contribution in [3.8, 4) is 11.6 Å². The standard InChI is InChI=1S/C32H41N7O9/c1-20-18-36(32(46)47)14-15-37(20)31(45)23(11-12-28(41)42)34-29(43)24-16-27(39(35-24)22-6-3-2-4-7-22)48-19-26(40)38-13-5-8-25(38)30(44)33-17-21-9-10-21/h2-4,6-7,16,20-21,23,25H,5,8-15,17-19H2,1H3,(H,33,44)(H,34,43)(H,41,42)(H,46,47)/t20-,23-,25-/m0/s1. The molecule has 3 aliphatic rings. The van der Waals surface area contributed by atoms with E-state index in [1.807, 2.05) is 0 Å². The molecular weight excluding hydrogens is 626 g/mol. The van der Waals surface area contributed by atoms with Gasteiger partial charge in [-0.25, -0.2) is 9.48 Å². The molecule has 2 aliphatic heterocycles. The Kier molecular flexibility index (Phi) is 10.8. The summed E-state index contributed by atoms with van der Waals surface area (Å²) >= 11 is 0. The molecule has 16 heteroatoms. The first kappa shape index (κ1) is 34.2. The lowest BCUT2D eigenvalue weighted by atomic mass is 10.1. The second-order valence-electron chi connectivity index (χ2n) is 12.4. The first-order chi connectivity index (χ1) is 23.0. The Hall–Kier alpha value is -5.15. The summed E-state index contributed by atoms with van der Waals surface area (Å²) in [5, 5.41) is 28.6. The van der Waals surface area contributed by atoms with Crippen LogP contribution in [0.1, 0.15) is 55.9 Å². The van der Waals surface area contributed by atoms with Crippen LogP contribution in [0.25, 0.3) is 5.69 Å². The van der Waals surface area contributed by atoms with Crippen LogP contribution in [0.2, 0.25) is 0 Å². The summed E-state index contributed by atoms with van der Waals surface area (Å²) in [5.74, 6) is -2.44. The number of carbonyl (C=O) groups is 6. The highest BCUT2D eigenvalue weighted by Crippen LogP contribution is 2.28. The number of piperazine rings is 1. The quantitative estimate of drug-likeness (QED) is 0.238. The average molecular weight is 668 g/mol. The smallest absolute Gasteiger partial charge is 0.407 e. The zero-order valence-electron chi connectivity index (χ0n) is 26.7. The third-order valence-electron chi connectivity index (χ3n) is 8.82. The van der Waals surface area contributed by atoms with Crippen molar-refractivity contribution in [2.24, 2.45) is 5.92 Å². The van der Waals surface area contributed by atoms with E-state index in [2.05, 4.69) is 15.7 Å². The van der Waals surface area contributed by atoms with E-state index in [9.17, 15) is 39.0 Å². The normalized spacial score (nSPS) is 19.8. The van der Waals surface area contributed by atoms with Crippen molar-refractivity contribution >= 4 is 35.7 Å². The SMILES string of the molecule is C[C@H]1CN(C(=O)O)CCN1C(=O)[C@H](CCC(=O)O)NC(=O)c1cc(OCC(=O)N2CCC[C@H]2C(=O)NCC2CC2)n(-c2ccccc2)n1. The average Bonchev–Trinajstić information content (AvgIpc) is 3.58. The van der Waals surface area contributed by atoms with Crippen molar-refractivity contribution in [3.05, 3.63) is 42.1 Å². The molecule has 3 atom stereocenters. The number of carbonyl (C=O) groups excluding carboxylic acids is 4. The lowest BCUT2D eigenvalue weighted by Crippen LogP contribution is -2.59. The Morgan fingerprint density at radius 1 is 1.00 bits per heavy atom. The minimum Gasteiger partial charge on any atom is -0.481 e. The van der Waals surface area contributed by atoms with Crippen molar-refractivity contribution in [1.29, 1.82) is 0 Å². The number of aliphatic carboxylic acids is 1. The Balaban J connectivity index is 1.30. The number of carboxylic acids is 1. The van der Waals surface area contributed by atoms with Gasteiger partial charge in [-0.15, -0.1) is 0 Å². The first-order valence-electron chi connectivity index (χ1n) is 16.2. The third kappa shape index (κ3) is 8.41. The molecule has 4 N–H and O–H groups in total. The number of nitrogens with one attached hydrogen (secondary N) is 2. The van der Waals surface area contributed by atoms with Gasteiger partial charge in [-0.05, 0) is 57.1 Å². The fraction of sp³-hybridized carbons (Fsp3) is 0.531. The fourth-order valence-corrected chi connectivity index (χ4v) is 5.99. The predicted molar refractivity (Wildman–Crippen MR) is 168 cm³/mol. The van der Waals surface area contributed by atoms with E-state index in [-0.39, 0.29) is 49.4 Å². The van der Waals surface area contributed by atoms with Crippen molar-refractivity contribution in [2.75, 3.05) is 39.3 Å². The van der Waals surface area contributed by atoms with E-state index in [1.165, 1.54) is 25.4 Å². The number of carboxylic acid groups (broad SMARTS) is 2. The Morgan fingerprint density at radius 2 is 1.75 bits per heavy atom. The molecule has 1 saturated carbocycles. The van der Waals surface area contributed by atoms with E-state index in [4.69, 9.17) is 4.74 Å². The lowest BCUT2D eigenvalue weighted by molar-refractivity contribution is -0.140. The van der Waals surface area contributed by atoms with Gasteiger partial charge in [0.25, 0.3) is 11.8 Å². The Labute approximate surface area is 277 Å². The number of para-hydroxylation sites is 1. The maximum atomic E-state index is 13.5. The highest BCUT2D eigenvalue weighted by Gasteiger charge is 2.36. The summed E-state index contributed by atoms with van der Waals surface area (Å²) in [5.41, 5.74) is 0.387. The summed E-state index contributed by atoms with van der Waals surface area (Å²) in [6.45, 7) is 2.54. The second kappa shape index (κ2) is 15.2. The molecule has 1 aliphatic carbocycles. The van der Waals surface area contributed by atoms with Gasteiger partial charge in [-0.2, -0.15) is 5.10 Å². The van der Waals surface area contributed by atoms with Gasteiger partial charge in [0.15, 0.2) is 12.3 Å². The molecule has 2 saturated heterocycles. The fourth-order valence-electron chi connectivity index (χ4n) is 5.99. The predicted octanol–water partition coefficient (Wildman–Crippen LogP) is 0.942. The molecule has 258 valence electrons. The molecule has 3 heterocycles. The molecular formula is C32H41N7O9. The largest absolute Gasteiger partial charge is 0.481 e. The maximum absolute atomic E-state index is 13.5. The van der Waals surface area contributed by atoms with Gasteiger partial charge in [0, 0.05) is 51.3 Å². The minimum absolute atomic E-state index is 0.0699. The third-order valence-corrected chi connectivity index (χ3v) is 8.82. The number of nitrogens with zero attached hydrogens (tertiary/aromatic N) is 5. The molecule has 0 spiro atoms. The van der Waals surface area contributed by atoms with Crippen LogP contribution in [0.4, 0.5) is 4.79 Å².